The van der Waals surface area contributed by atoms with E-state index in [9.17, 15) is 0 Å². The average Bonchev–Trinajstić information content (AvgIpc) is 3.68. The van der Waals surface area contributed by atoms with E-state index in [4.69, 9.17) is 9.97 Å². The van der Waals surface area contributed by atoms with Gasteiger partial charge in [0.1, 0.15) is 0 Å². The van der Waals surface area contributed by atoms with E-state index in [-0.39, 0.29) is 10.5 Å². The fourth-order valence-corrected chi connectivity index (χ4v) is 12.0. The molecule has 0 saturated heterocycles. The Morgan fingerprint density at radius 2 is 1.00 bits per heavy atom. The highest BCUT2D eigenvalue weighted by atomic mass is 32.2. The number of fused-ring (bicyclic) bond motifs is 4. The largest absolute Gasteiger partial charge is 0.254 e. The lowest BCUT2D eigenvalue weighted by Gasteiger charge is -2.18. The van der Waals surface area contributed by atoms with Crippen molar-refractivity contribution in [3.05, 3.63) is 211 Å². The van der Waals surface area contributed by atoms with Crippen LogP contribution in [0.3, 0.4) is 0 Å². The van der Waals surface area contributed by atoms with Crippen LogP contribution >= 0.6 is 10.5 Å². The van der Waals surface area contributed by atoms with Gasteiger partial charge >= 0.3 is 0 Å². The van der Waals surface area contributed by atoms with E-state index in [1.165, 1.54) is 80.7 Å². The molecule has 9 aromatic carbocycles. The molecule has 1 unspecified atom stereocenters. The Morgan fingerprint density at radius 3 is 1.79 bits per heavy atom. The molecule has 0 bridgehead atoms. The lowest BCUT2D eigenvalue weighted by molar-refractivity contribution is 1.37. The molecule has 3 heteroatoms. The monoisotopic (exact) mass is 742 g/mol. The van der Waals surface area contributed by atoms with Crippen molar-refractivity contribution in [2.45, 2.75) is 4.90 Å². The summed E-state index contributed by atoms with van der Waals surface area (Å²) in [4.78, 5) is 12.9. The molecule has 0 N–H and O–H groups in total. The van der Waals surface area contributed by atoms with Crippen LogP contribution in [0.2, 0.25) is 0 Å². The Labute approximate surface area is 332 Å². The van der Waals surface area contributed by atoms with Crippen LogP contribution < -0.4 is 0 Å². The molecule has 0 fully saturated rings. The van der Waals surface area contributed by atoms with Crippen molar-refractivity contribution in [3.63, 3.8) is 0 Å². The molecular formula is C54H34N2S. The van der Waals surface area contributed by atoms with E-state index in [0.29, 0.717) is 0 Å². The van der Waals surface area contributed by atoms with Gasteiger partial charge in [0.2, 0.25) is 0 Å². The smallest absolute Gasteiger partial charge is 0.0972 e. The highest BCUT2D eigenvalue weighted by Gasteiger charge is 2.30. The van der Waals surface area contributed by atoms with Crippen LogP contribution in [0.15, 0.2) is 199 Å². The Bertz CT molecular complexity index is 3460. The quantitative estimate of drug-likeness (QED) is 0.130. The van der Waals surface area contributed by atoms with Crippen LogP contribution in [0.5, 0.6) is 0 Å². The van der Waals surface area contributed by atoms with Crippen LogP contribution in [0.4, 0.5) is 0 Å². The minimum atomic E-state index is -0.263. The van der Waals surface area contributed by atoms with Gasteiger partial charge in [0.15, 0.2) is 0 Å². The summed E-state index contributed by atoms with van der Waals surface area (Å²) in [5.74, 6) is 0.910. The summed E-state index contributed by atoms with van der Waals surface area (Å²) in [6.07, 6.45) is 1.86. The molecule has 0 saturated carbocycles. The zero-order chi connectivity index (χ0) is 37.5. The maximum Gasteiger partial charge on any atom is 0.0972 e. The summed E-state index contributed by atoms with van der Waals surface area (Å²) >= 11 is 0. The van der Waals surface area contributed by atoms with E-state index in [1.54, 1.807) is 0 Å². The van der Waals surface area contributed by atoms with Gasteiger partial charge in [-0.1, -0.05) is 170 Å². The molecular weight excluding hydrogens is 709 g/mol. The molecule has 11 aromatic rings. The number of nitrogens with zero attached hydrogens (tertiary/aromatic N) is 2. The molecule has 3 heterocycles. The molecule has 1 aliphatic rings. The number of hydrogen-bond donors (Lipinski definition) is 0. The maximum atomic E-state index is 5.30. The molecule has 266 valence electrons. The lowest BCUT2D eigenvalue weighted by Crippen LogP contribution is -2.03. The second-order valence-electron chi connectivity index (χ2n) is 15.0. The Morgan fingerprint density at radius 1 is 0.404 bits per heavy atom. The SMILES string of the molecule is c1ccc(C2=C(c3ccc(-c4ccc5ccc6cccnc6c5n4)c4ccccc34)CS(c3ccc4ccc5cccc6ccc3c4c56)=C2c2ccccc2)cc1. The fraction of sp³-hybridized carbons (Fsp3) is 0.0185. The van der Waals surface area contributed by atoms with Crippen LogP contribution in [0.25, 0.3) is 87.3 Å². The van der Waals surface area contributed by atoms with Crippen molar-refractivity contribution < 1.29 is 0 Å². The third kappa shape index (κ3) is 5.02. The van der Waals surface area contributed by atoms with Gasteiger partial charge in [0, 0.05) is 43.6 Å². The second-order valence-corrected chi connectivity index (χ2v) is 16.9. The highest BCUT2D eigenvalue weighted by Crippen LogP contribution is 2.52. The average molecular weight is 743 g/mol. The molecule has 0 spiro atoms. The normalized spacial score (nSPS) is 14.7. The summed E-state index contributed by atoms with van der Waals surface area (Å²) in [7, 11) is -0.263. The van der Waals surface area contributed by atoms with Crippen molar-refractivity contribution >= 4 is 91.4 Å². The number of rotatable bonds is 5. The fourth-order valence-electron chi connectivity index (χ4n) is 9.32. The van der Waals surface area contributed by atoms with E-state index in [0.717, 1.165) is 38.8 Å². The summed E-state index contributed by atoms with van der Waals surface area (Å²) in [6.45, 7) is 0. The summed E-state index contributed by atoms with van der Waals surface area (Å²) < 4.78 is 0. The van der Waals surface area contributed by atoms with Crippen molar-refractivity contribution in [2.75, 3.05) is 5.75 Å². The van der Waals surface area contributed by atoms with Gasteiger partial charge in [-0.15, -0.1) is 10.5 Å². The van der Waals surface area contributed by atoms with Gasteiger partial charge in [-0.05, 0) is 83.6 Å². The third-order valence-corrected chi connectivity index (χ3v) is 14.3. The van der Waals surface area contributed by atoms with Crippen LogP contribution in [0, 0.1) is 0 Å². The number of aromatic nitrogens is 2. The zero-order valence-electron chi connectivity index (χ0n) is 31.0. The number of allylic oxidation sites excluding steroid dienone is 1. The first-order valence-corrected chi connectivity index (χ1v) is 20.9. The Balaban J connectivity index is 1.11. The van der Waals surface area contributed by atoms with Crippen LogP contribution in [0.1, 0.15) is 16.7 Å². The van der Waals surface area contributed by atoms with Gasteiger partial charge in [0.25, 0.3) is 0 Å². The Kier molecular flexibility index (Phi) is 7.26. The topological polar surface area (TPSA) is 25.8 Å². The second kappa shape index (κ2) is 12.8. The predicted molar refractivity (Wildman–Crippen MR) is 245 cm³/mol. The van der Waals surface area contributed by atoms with Crippen molar-refractivity contribution in [2.24, 2.45) is 0 Å². The molecule has 0 aliphatic carbocycles. The van der Waals surface area contributed by atoms with Gasteiger partial charge in [-0.25, -0.2) is 4.98 Å². The van der Waals surface area contributed by atoms with E-state index in [1.807, 2.05) is 12.3 Å². The van der Waals surface area contributed by atoms with Crippen LogP contribution in [-0.2, 0) is 0 Å². The summed E-state index contributed by atoms with van der Waals surface area (Å²) in [6, 6.07) is 69.2. The summed E-state index contributed by atoms with van der Waals surface area (Å²) in [5.41, 5.74) is 10.5. The number of benzene rings is 9. The van der Waals surface area contributed by atoms with Gasteiger partial charge in [-0.2, -0.15) is 0 Å². The molecule has 0 amide bonds. The van der Waals surface area contributed by atoms with Gasteiger partial charge < -0.3 is 0 Å². The molecule has 12 rings (SSSR count). The molecule has 57 heavy (non-hydrogen) atoms. The number of hydrogen-bond acceptors (Lipinski definition) is 2. The third-order valence-electron chi connectivity index (χ3n) is 11.9. The van der Waals surface area contributed by atoms with Gasteiger partial charge in [-0.3, -0.25) is 4.98 Å². The van der Waals surface area contributed by atoms with Gasteiger partial charge in [0.05, 0.1) is 16.7 Å². The Hall–Kier alpha value is -6.94. The van der Waals surface area contributed by atoms with Crippen molar-refractivity contribution in [1.82, 2.24) is 9.97 Å². The van der Waals surface area contributed by atoms with Crippen molar-refractivity contribution in [1.29, 1.82) is 0 Å². The van der Waals surface area contributed by atoms with E-state index >= 15 is 0 Å². The standard InChI is InChI=1S/C54H34N2S/c1-3-11-34(12-4-1)51-46(43-28-29-44(42-19-8-7-18-41(42)43)47-30-25-39-23-22-38-17-10-32-55-52(38)53(39)56-47)33-57(54(51)40-13-5-2-6-14-40)48-31-26-37-21-20-35-15-9-16-36-24-27-45(48)50(37)49(35)36/h1-32H,33H2. The molecule has 2 aromatic heterocycles. The molecule has 2 nitrogen and oxygen atoms in total. The zero-order valence-corrected chi connectivity index (χ0v) is 31.8. The lowest BCUT2D eigenvalue weighted by atomic mass is 9.87. The molecule has 1 atom stereocenters. The van der Waals surface area contributed by atoms with E-state index < -0.39 is 0 Å². The first kappa shape index (κ1) is 32.3. The number of pyridine rings is 2. The minimum Gasteiger partial charge on any atom is -0.254 e. The highest BCUT2D eigenvalue weighted by molar-refractivity contribution is 8.18. The first-order chi connectivity index (χ1) is 28.3. The predicted octanol–water partition coefficient (Wildman–Crippen LogP) is 14.0. The molecule has 1 aliphatic heterocycles. The van der Waals surface area contributed by atoms with Crippen molar-refractivity contribution in [3.8, 4) is 11.3 Å². The molecule has 0 radical (unpaired) electrons. The van der Waals surface area contributed by atoms with Crippen LogP contribution in [-0.4, -0.2) is 20.6 Å². The van der Waals surface area contributed by atoms with E-state index in [2.05, 4.69) is 182 Å². The first-order valence-electron chi connectivity index (χ1n) is 19.5. The maximum absolute atomic E-state index is 5.30. The summed E-state index contributed by atoms with van der Waals surface area (Å²) in [5, 5.41) is 12.6. The minimum absolute atomic E-state index is 0.263.